The third kappa shape index (κ3) is 12.1. The average molecular weight is 837 g/mol. The molecule has 7 N–H and O–H groups in total. The number of carbonyl (C=O) groups is 7. The molecule has 15 heteroatoms. The lowest BCUT2D eigenvalue weighted by atomic mass is 9.84. The molecule has 2 aromatic carbocycles. The highest BCUT2D eigenvalue weighted by Gasteiger charge is 2.40. The summed E-state index contributed by atoms with van der Waals surface area (Å²) in [5.41, 5.74) is 2.47. The summed E-state index contributed by atoms with van der Waals surface area (Å²) in [6, 6.07) is 10.7. The number of nitrogens with one attached hydrogen (secondary N) is 7. The van der Waals surface area contributed by atoms with Gasteiger partial charge in [-0.2, -0.15) is 0 Å². The van der Waals surface area contributed by atoms with Crippen LogP contribution in [0.5, 0.6) is 0 Å². The predicted molar refractivity (Wildman–Crippen MR) is 230 cm³/mol. The maximum Gasteiger partial charge on any atom is 0.245 e. The van der Waals surface area contributed by atoms with Crippen LogP contribution in [0.15, 0.2) is 73.4 Å². The maximum absolute atomic E-state index is 14.5. The van der Waals surface area contributed by atoms with E-state index in [4.69, 9.17) is 0 Å². The number of carbonyl (C=O) groups excluding carboxylic acids is 7. The van der Waals surface area contributed by atoms with Crippen molar-refractivity contribution in [2.24, 2.45) is 5.92 Å². The van der Waals surface area contributed by atoms with E-state index in [1.165, 1.54) is 17.9 Å². The highest BCUT2D eigenvalue weighted by atomic mass is 16.2. The van der Waals surface area contributed by atoms with Crippen LogP contribution in [-0.4, -0.2) is 101 Å². The van der Waals surface area contributed by atoms with Crippen LogP contribution in [0, 0.1) is 5.92 Å². The Kier molecular flexibility index (Phi) is 15.7. The van der Waals surface area contributed by atoms with Crippen molar-refractivity contribution < 1.29 is 33.6 Å². The molecule has 3 heterocycles. The van der Waals surface area contributed by atoms with Crippen LogP contribution in [0.4, 0.5) is 0 Å². The van der Waals surface area contributed by atoms with Gasteiger partial charge >= 0.3 is 0 Å². The number of aromatic nitrogens is 1. The zero-order valence-electron chi connectivity index (χ0n) is 35.0. The number of hydrogen-bond acceptors (Lipinski definition) is 7. The number of nitrogens with zero attached hydrogens (tertiary/aromatic N) is 1. The van der Waals surface area contributed by atoms with E-state index in [9.17, 15) is 33.6 Å². The molecule has 0 bridgehead atoms. The van der Waals surface area contributed by atoms with Gasteiger partial charge in [-0.3, -0.25) is 33.6 Å². The Morgan fingerprint density at radius 1 is 0.803 bits per heavy atom. The summed E-state index contributed by atoms with van der Waals surface area (Å²) in [6.07, 6.45) is 10.2. The molecule has 3 fully saturated rings. The summed E-state index contributed by atoms with van der Waals surface area (Å²) < 4.78 is 0. The highest BCUT2D eigenvalue weighted by Crippen LogP contribution is 2.28. The molecule has 15 nitrogen and oxygen atoms in total. The first-order valence-corrected chi connectivity index (χ1v) is 21.8. The van der Waals surface area contributed by atoms with Crippen molar-refractivity contribution in [2.45, 2.75) is 127 Å². The first-order valence-electron chi connectivity index (χ1n) is 21.8. The Hall–Kier alpha value is -5.99. The fourth-order valence-corrected chi connectivity index (χ4v) is 8.91. The number of aromatic amines is 1. The first-order chi connectivity index (χ1) is 29.5. The van der Waals surface area contributed by atoms with Crippen LogP contribution in [0.1, 0.15) is 88.7 Å². The van der Waals surface area contributed by atoms with Crippen molar-refractivity contribution in [1.82, 2.24) is 41.8 Å². The number of amides is 7. The van der Waals surface area contributed by atoms with Crippen LogP contribution >= 0.6 is 0 Å². The molecule has 7 amide bonds. The van der Waals surface area contributed by atoms with Gasteiger partial charge in [-0.25, -0.2) is 0 Å². The fourth-order valence-electron chi connectivity index (χ4n) is 8.91. The molecule has 2 saturated heterocycles. The topological polar surface area (TPSA) is 211 Å². The molecule has 61 heavy (non-hydrogen) atoms. The van der Waals surface area contributed by atoms with E-state index >= 15 is 0 Å². The first kappa shape index (κ1) is 44.6. The Bertz CT molecular complexity index is 2050. The van der Waals surface area contributed by atoms with Gasteiger partial charge in [0, 0.05) is 50.0 Å². The van der Waals surface area contributed by atoms with Gasteiger partial charge in [0.25, 0.3) is 0 Å². The molecule has 2 aliphatic heterocycles. The van der Waals surface area contributed by atoms with Crippen molar-refractivity contribution in [2.75, 3.05) is 13.1 Å². The summed E-state index contributed by atoms with van der Waals surface area (Å²) in [5.74, 6) is -3.34. The minimum atomic E-state index is -1.10. The van der Waals surface area contributed by atoms with E-state index in [1.807, 2.05) is 54.6 Å². The Morgan fingerprint density at radius 2 is 1.51 bits per heavy atom. The Balaban J connectivity index is 1.29. The lowest BCUT2D eigenvalue weighted by Gasteiger charge is -2.32. The summed E-state index contributed by atoms with van der Waals surface area (Å²) in [4.78, 5) is 102. The summed E-state index contributed by atoms with van der Waals surface area (Å²) in [6.45, 7) is 5.46. The SMILES string of the molecule is C=CC[C@@H]1NC(=O)[C@H](Cc2c[nH]c3ccccc23)NC(=O)[C@@H](CC2CCCCC2)NC(=O)[C@@H]2CCCN2C(=O)[C@@H](NC(=O)[C@H](Cc2ccccc2)NC(C)=O)CCCNC1=O. The molecule has 0 spiro atoms. The normalized spacial score (nSPS) is 24.2. The van der Waals surface area contributed by atoms with E-state index in [2.05, 4.69) is 43.5 Å². The van der Waals surface area contributed by atoms with Gasteiger partial charge in [-0.15, -0.1) is 6.58 Å². The van der Waals surface area contributed by atoms with Crippen LogP contribution < -0.4 is 31.9 Å². The minimum Gasteiger partial charge on any atom is -0.361 e. The molecule has 6 atom stereocenters. The molecule has 0 unspecified atom stereocenters. The zero-order valence-corrected chi connectivity index (χ0v) is 35.0. The predicted octanol–water partition coefficient (Wildman–Crippen LogP) is 2.84. The molecular formula is C46H60N8O7. The molecule has 1 aromatic heterocycles. The third-order valence-electron chi connectivity index (χ3n) is 12.1. The van der Waals surface area contributed by atoms with Crippen LogP contribution in [0.2, 0.25) is 0 Å². The molecule has 6 rings (SSSR count). The molecule has 1 aliphatic carbocycles. The second kappa shape index (κ2) is 21.5. The van der Waals surface area contributed by atoms with E-state index in [0.29, 0.717) is 19.3 Å². The summed E-state index contributed by atoms with van der Waals surface area (Å²) >= 11 is 0. The van der Waals surface area contributed by atoms with Gasteiger partial charge in [-0.05, 0) is 61.6 Å². The highest BCUT2D eigenvalue weighted by molar-refractivity contribution is 5.98. The fraction of sp³-hybridized carbons (Fsp3) is 0.500. The lowest BCUT2D eigenvalue weighted by molar-refractivity contribution is -0.142. The number of benzene rings is 2. The average Bonchev–Trinajstić information content (AvgIpc) is 3.92. The van der Waals surface area contributed by atoms with Gasteiger partial charge in [-0.1, -0.05) is 86.7 Å². The van der Waals surface area contributed by atoms with E-state index in [0.717, 1.165) is 54.1 Å². The van der Waals surface area contributed by atoms with Crippen LogP contribution in [0.25, 0.3) is 10.9 Å². The quantitative estimate of drug-likeness (QED) is 0.144. The Labute approximate surface area is 357 Å². The molecular weight excluding hydrogens is 777 g/mol. The summed E-state index contributed by atoms with van der Waals surface area (Å²) in [5, 5.41) is 18.1. The van der Waals surface area contributed by atoms with Crippen molar-refractivity contribution in [3.8, 4) is 0 Å². The van der Waals surface area contributed by atoms with Crippen LogP contribution in [-0.2, 0) is 46.4 Å². The summed E-state index contributed by atoms with van der Waals surface area (Å²) in [7, 11) is 0. The number of hydrogen-bond donors (Lipinski definition) is 7. The number of fused-ring (bicyclic) bond motifs is 2. The van der Waals surface area contributed by atoms with E-state index in [1.54, 1.807) is 6.20 Å². The molecule has 326 valence electrons. The monoisotopic (exact) mass is 836 g/mol. The smallest absolute Gasteiger partial charge is 0.245 e. The standard InChI is InChI=1S/C46H60N8O7/c1-3-14-35-41(56)47-23-12-21-36(51-42(57)37(49-29(2)55)25-30-15-6-4-7-16-30)46(61)54-24-13-22-40(54)45(60)53-38(26-31-17-8-5-9-18-31)43(58)52-39(44(59)50-35)27-32-28-48-34-20-11-10-19-33(32)34/h3-4,6-7,10-11,15-16,19-20,28,31,35-40,48H,1,5,8-9,12-14,17-18,21-27H2,2H3,(H,47,56)(H,49,55)(H,50,59)(H,51,57)(H,52,58)(H,53,60)/t35-,36-,37-,38+,39-,40-/m0/s1. The largest absolute Gasteiger partial charge is 0.361 e. The van der Waals surface area contributed by atoms with E-state index < -0.39 is 77.6 Å². The minimum absolute atomic E-state index is 0.101. The van der Waals surface area contributed by atoms with Gasteiger partial charge in [0.1, 0.15) is 36.3 Å². The van der Waals surface area contributed by atoms with Crippen molar-refractivity contribution >= 4 is 52.3 Å². The van der Waals surface area contributed by atoms with Crippen molar-refractivity contribution in [3.63, 3.8) is 0 Å². The molecule has 1 saturated carbocycles. The zero-order chi connectivity index (χ0) is 43.3. The van der Waals surface area contributed by atoms with Crippen LogP contribution in [0.3, 0.4) is 0 Å². The third-order valence-corrected chi connectivity index (χ3v) is 12.1. The van der Waals surface area contributed by atoms with Gasteiger partial charge in [0.05, 0.1) is 0 Å². The Morgan fingerprint density at radius 3 is 2.26 bits per heavy atom. The molecule has 3 aliphatic rings. The number of para-hydroxylation sites is 1. The number of H-pyrrole nitrogens is 1. The maximum atomic E-state index is 14.5. The van der Waals surface area contributed by atoms with Gasteiger partial charge in [0.2, 0.25) is 41.4 Å². The van der Waals surface area contributed by atoms with Gasteiger partial charge in [0.15, 0.2) is 0 Å². The molecule has 0 radical (unpaired) electrons. The van der Waals surface area contributed by atoms with Gasteiger partial charge < -0.3 is 41.8 Å². The number of rotatable bonds is 11. The van der Waals surface area contributed by atoms with Crippen molar-refractivity contribution in [1.29, 1.82) is 0 Å². The lowest BCUT2D eigenvalue weighted by Crippen LogP contribution is -2.60. The van der Waals surface area contributed by atoms with E-state index in [-0.39, 0.29) is 51.1 Å². The second-order valence-corrected chi connectivity index (χ2v) is 16.6. The second-order valence-electron chi connectivity index (χ2n) is 16.6. The van der Waals surface area contributed by atoms with Crippen molar-refractivity contribution in [3.05, 3.63) is 84.6 Å². The molecule has 3 aromatic rings.